The number of rotatable bonds is 5. The molecule has 0 bridgehead atoms. The zero-order valence-corrected chi connectivity index (χ0v) is 18.0. The summed E-state index contributed by atoms with van der Waals surface area (Å²) in [4.78, 5) is 28.8. The van der Waals surface area contributed by atoms with Gasteiger partial charge in [0.2, 0.25) is 15.9 Å². The monoisotopic (exact) mass is 450 g/mol. The van der Waals surface area contributed by atoms with Crippen LogP contribution in [0.1, 0.15) is 30.3 Å². The van der Waals surface area contributed by atoms with Crippen LogP contribution in [0.3, 0.4) is 0 Å². The first-order valence-electron chi connectivity index (χ1n) is 9.62. The maximum absolute atomic E-state index is 13.0. The van der Waals surface area contributed by atoms with Crippen LogP contribution in [0.25, 0.3) is 0 Å². The number of nitrogens with one attached hydrogen (secondary N) is 2. The fourth-order valence-corrected chi connectivity index (χ4v) is 5.98. The molecule has 0 radical (unpaired) electrons. The number of aromatic nitrogens is 1. The summed E-state index contributed by atoms with van der Waals surface area (Å²) in [7, 11) is -3.68. The van der Waals surface area contributed by atoms with E-state index in [0.29, 0.717) is 36.8 Å². The Balaban J connectivity index is 1.46. The van der Waals surface area contributed by atoms with Gasteiger partial charge in [-0.05, 0) is 37.1 Å². The van der Waals surface area contributed by atoms with Crippen molar-refractivity contribution in [2.45, 2.75) is 43.7 Å². The fraction of sp³-hybridized carbons (Fsp3) is 0.421. The average Bonchev–Trinajstić information content (AvgIpc) is 3.37. The lowest BCUT2D eigenvalue weighted by Gasteiger charge is -2.25. The molecule has 1 unspecified atom stereocenters. The summed E-state index contributed by atoms with van der Waals surface area (Å²) >= 11 is 1.29. The molecule has 3 heterocycles. The van der Waals surface area contributed by atoms with E-state index in [1.165, 1.54) is 34.7 Å². The summed E-state index contributed by atoms with van der Waals surface area (Å²) in [6.45, 7) is 2.50. The molecule has 2 amide bonds. The first kappa shape index (κ1) is 20.9. The second kappa shape index (κ2) is 8.42. The Morgan fingerprint density at radius 3 is 2.67 bits per heavy atom. The van der Waals surface area contributed by atoms with Gasteiger partial charge >= 0.3 is 0 Å². The molecule has 0 spiro atoms. The standard InChI is InChI=1S/C19H22N4O5S2/c1-12(24)20-13-4-6-14(7-5-13)30(26,27)23-9-8-15-17(11-23)29-19(21-15)22-18(25)16-3-2-10-28-16/h4-7,16H,2-3,8-11H2,1H3,(H,20,24)(H,21,22,25). The van der Waals surface area contributed by atoms with Gasteiger partial charge in [-0.1, -0.05) is 0 Å². The van der Waals surface area contributed by atoms with E-state index < -0.39 is 16.1 Å². The highest BCUT2D eigenvalue weighted by Gasteiger charge is 2.31. The van der Waals surface area contributed by atoms with Gasteiger partial charge in [0, 0.05) is 37.1 Å². The molecule has 1 aromatic heterocycles. The molecule has 1 saturated heterocycles. The topological polar surface area (TPSA) is 118 Å². The van der Waals surface area contributed by atoms with Crippen LogP contribution in [0.4, 0.5) is 10.8 Å². The highest BCUT2D eigenvalue weighted by Crippen LogP contribution is 2.31. The zero-order valence-electron chi connectivity index (χ0n) is 16.4. The number of nitrogens with zero attached hydrogens (tertiary/aromatic N) is 2. The Morgan fingerprint density at radius 2 is 2.00 bits per heavy atom. The summed E-state index contributed by atoms with van der Waals surface area (Å²) in [6, 6.07) is 6.09. The second-order valence-corrected chi connectivity index (χ2v) is 10.2. The highest BCUT2D eigenvalue weighted by atomic mass is 32.2. The van der Waals surface area contributed by atoms with Crippen molar-refractivity contribution in [3.05, 3.63) is 34.8 Å². The van der Waals surface area contributed by atoms with Gasteiger partial charge in [-0.15, -0.1) is 11.3 Å². The van der Waals surface area contributed by atoms with Crippen molar-refractivity contribution in [2.24, 2.45) is 0 Å². The number of anilines is 2. The third-order valence-corrected chi connectivity index (χ3v) is 7.82. The number of hydrogen-bond acceptors (Lipinski definition) is 7. The number of thiazole rings is 1. The van der Waals surface area contributed by atoms with Gasteiger partial charge in [-0.3, -0.25) is 14.9 Å². The van der Waals surface area contributed by atoms with E-state index in [0.717, 1.165) is 17.0 Å². The molecular formula is C19H22N4O5S2. The van der Waals surface area contributed by atoms with Crippen LogP contribution in [0.5, 0.6) is 0 Å². The second-order valence-electron chi connectivity index (χ2n) is 7.17. The normalized spacial score (nSPS) is 19.3. The van der Waals surface area contributed by atoms with E-state index in [1.807, 2.05) is 0 Å². The molecule has 4 rings (SSSR count). The summed E-state index contributed by atoms with van der Waals surface area (Å²) < 4.78 is 32.8. The molecule has 160 valence electrons. The SMILES string of the molecule is CC(=O)Nc1ccc(S(=O)(=O)N2CCc3nc(NC(=O)C4CCCO4)sc3C2)cc1. The van der Waals surface area contributed by atoms with Crippen LogP contribution in [0.2, 0.25) is 0 Å². The van der Waals surface area contributed by atoms with Crippen LogP contribution >= 0.6 is 11.3 Å². The maximum Gasteiger partial charge on any atom is 0.255 e. The lowest BCUT2D eigenvalue weighted by atomic mass is 10.2. The van der Waals surface area contributed by atoms with Crippen molar-refractivity contribution in [3.63, 3.8) is 0 Å². The predicted molar refractivity (Wildman–Crippen MR) is 112 cm³/mol. The van der Waals surface area contributed by atoms with Crippen LogP contribution in [0, 0.1) is 0 Å². The molecule has 9 nitrogen and oxygen atoms in total. The zero-order chi connectivity index (χ0) is 21.3. The van der Waals surface area contributed by atoms with Crippen molar-refractivity contribution >= 4 is 44.0 Å². The molecule has 0 aliphatic carbocycles. The van der Waals surface area contributed by atoms with Crippen LogP contribution in [0.15, 0.2) is 29.2 Å². The molecule has 2 N–H and O–H groups in total. The number of fused-ring (bicyclic) bond motifs is 1. The Hall–Kier alpha value is -2.34. The first-order valence-corrected chi connectivity index (χ1v) is 11.9. The molecule has 30 heavy (non-hydrogen) atoms. The third-order valence-electron chi connectivity index (χ3n) is 4.96. The van der Waals surface area contributed by atoms with E-state index in [-0.39, 0.29) is 23.3 Å². The molecule has 2 aliphatic heterocycles. The van der Waals surface area contributed by atoms with Crippen molar-refractivity contribution in [2.75, 3.05) is 23.8 Å². The van der Waals surface area contributed by atoms with Gasteiger partial charge in [-0.2, -0.15) is 4.31 Å². The fourth-order valence-electron chi connectivity index (χ4n) is 3.46. The molecule has 1 atom stereocenters. The summed E-state index contributed by atoms with van der Waals surface area (Å²) in [5.41, 5.74) is 1.35. The van der Waals surface area contributed by atoms with Gasteiger partial charge in [0.15, 0.2) is 5.13 Å². The summed E-state index contributed by atoms with van der Waals surface area (Å²) in [5.74, 6) is -0.427. The molecule has 2 aliphatic rings. The van der Waals surface area contributed by atoms with E-state index >= 15 is 0 Å². The molecule has 11 heteroatoms. The minimum atomic E-state index is -3.68. The van der Waals surface area contributed by atoms with Gasteiger partial charge in [0.1, 0.15) is 6.10 Å². The van der Waals surface area contributed by atoms with E-state index in [4.69, 9.17) is 4.74 Å². The van der Waals surface area contributed by atoms with Gasteiger partial charge in [-0.25, -0.2) is 13.4 Å². The summed E-state index contributed by atoms with van der Waals surface area (Å²) in [6.07, 6.45) is 1.60. The number of sulfonamides is 1. The van der Waals surface area contributed by atoms with Gasteiger partial charge < -0.3 is 10.1 Å². The van der Waals surface area contributed by atoms with Gasteiger partial charge in [0.05, 0.1) is 17.1 Å². The van der Waals surface area contributed by atoms with E-state index in [9.17, 15) is 18.0 Å². The number of carbonyl (C=O) groups excluding carboxylic acids is 2. The Labute approximate surface area is 178 Å². The number of amides is 2. The Morgan fingerprint density at radius 1 is 1.23 bits per heavy atom. The predicted octanol–water partition coefficient (Wildman–Crippen LogP) is 1.97. The average molecular weight is 451 g/mol. The minimum absolute atomic E-state index is 0.163. The van der Waals surface area contributed by atoms with Crippen molar-refractivity contribution < 1.29 is 22.7 Å². The maximum atomic E-state index is 13.0. The lowest BCUT2D eigenvalue weighted by Crippen LogP contribution is -2.35. The van der Waals surface area contributed by atoms with Crippen LogP contribution < -0.4 is 10.6 Å². The minimum Gasteiger partial charge on any atom is -0.368 e. The first-order chi connectivity index (χ1) is 14.3. The number of benzene rings is 1. The molecule has 2 aromatic rings. The highest BCUT2D eigenvalue weighted by molar-refractivity contribution is 7.89. The number of hydrogen-bond donors (Lipinski definition) is 2. The Kier molecular flexibility index (Phi) is 5.87. The lowest BCUT2D eigenvalue weighted by molar-refractivity contribution is -0.124. The van der Waals surface area contributed by atoms with Gasteiger partial charge in [0.25, 0.3) is 5.91 Å². The smallest absolute Gasteiger partial charge is 0.255 e. The van der Waals surface area contributed by atoms with Crippen molar-refractivity contribution in [1.29, 1.82) is 0 Å². The molecule has 1 aromatic carbocycles. The molecule has 1 fully saturated rings. The van der Waals surface area contributed by atoms with Crippen LogP contribution in [-0.4, -0.2) is 48.8 Å². The molecule has 0 saturated carbocycles. The quantitative estimate of drug-likeness (QED) is 0.719. The number of ether oxygens (including phenoxy) is 1. The van der Waals surface area contributed by atoms with E-state index in [2.05, 4.69) is 15.6 Å². The summed E-state index contributed by atoms with van der Waals surface area (Å²) in [5, 5.41) is 5.88. The molecular weight excluding hydrogens is 428 g/mol. The van der Waals surface area contributed by atoms with Crippen molar-refractivity contribution in [1.82, 2.24) is 9.29 Å². The number of carbonyl (C=O) groups is 2. The Bertz CT molecular complexity index is 1060. The van der Waals surface area contributed by atoms with Crippen molar-refractivity contribution in [3.8, 4) is 0 Å². The largest absolute Gasteiger partial charge is 0.368 e. The van der Waals surface area contributed by atoms with E-state index in [1.54, 1.807) is 12.1 Å². The van der Waals surface area contributed by atoms with Crippen LogP contribution in [-0.2, 0) is 37.3 Å². The third kappa shape index (κ3) is 4.38.